The van der Waals surface area contributed by atoms with Crippen LogP contribution in [0.3, 0.4) is 0 Å². The van der Waals surface area contributed by atoms with Crippen molar-refractivity contribution in [3.63, 3.8) is 0 Å². The third-order valence-corrected chi connectivity index (χ3v) is 6.69. The summed E-state index contributed by atoms with van der Waals surface area (Å²) in [5, 5.41) is 14.6. The van der Waals surface area contributed by atoms with E-state index in [-0.39, 0.29) is 12.3 Å². The Labute approximate surface area is 197 Å². The molecule has 0 aliphatic carbocycles. The molecule has 34 heavy (non-hydrogen) atoms. The Bertz CT molecular complexity index is 1220. The van der Waals surface area contributed by atoms with Crippen molar-refractivity contribution in [3.8, 4) is 11.1 Å². The highest BCUT2D eigenvalue weighted by molar-refractivity contribution is 7.93. The van der Waals surface area contributed by atoms with Crippen molar-refractivity contribution in [2.24, 2.45) is 0 Å². The predicted molar refractivity (Wildman–Crippen MR) is 126 cm³/mol. The number of benzene rings is 2. The van der Waals surface area contributed by atoms with Crippen molar-refractivity contribution < 1.29 is 26.7 Å². The molecule has 0 saturated heterocycles. The molecule has 6 nitrogen and oxygen atoms in total. The van der Waals surface area contributed by atoms with Crippen molar-refractivity contribution >= 4 is 15.7 Å². The zero-order chi connectivity index (χ0) is 24.9. The number of aromatic nitrogens is 2. The number of hydrogen-bond acceptors (Lipinski definition) is 4. The van der Waals surface area contributed by atoms with Gasteiger partial charge >= 0.3 is 15.5 Å². The molecule has 2 aromatic carbocycles. The van der Waals surface area contributed by atoms with Gasteiger partial charge in [-0.3, -0.25) is 9.40 Å². The van der Waals surface area contributed by atoms with Crippen molar-refractivity contribution in [1.82, 2.24) is 9.78 Å². The minimum atomic E-state index is -5.53. The largest absolute Gasteiger partial charge is 0.516 e. The van der Waals surface area contributed by atoms with Gasteiger partial charge in [0.15, 0.2) is 0 Å². The molecule has 3 rings (SSSR count). The maximum absolute atomic E-state index is 12.8. The van der Waals surface area contributed by atoms with E-state index in [1.165, 1.54) is 12.1 Å². The zero-order valence-electron chi connectivity index (χ0n) is 19.1. The standard InChI is InChI=1S/C24H28F3N3O3S/c1-3-5-9-21-20(23(16-31)30(4-2)28-21)15-17-11-13-18(14-12-17)19-8-6-7-10-22(19)29-34(32,33)24(25,26)27/h6-8,10-14,29,31H,3-5,9,15-16H2,1-2H3. The summed E-state index contributed by atoms with van der Waals surface area (Å²) in [5.74, 6) is 0. The van der Waals surface area contributed by atoms with Crippen LogP contribution in [0.4, 0.5) is 18.9 Å². The van der Waals surface area contributed by atoms with E-state index in [2.05, 4.69) is 12.0 Å². The summed E-state index contributed by atoms with van der Waals surface area (Å²) in [6.45, 7) is 4.61. The van der Waals surface area contributed by atoms with E-state index < -0.39 is 15.5 Å². The molecule has 0 aliphatic heterocycles. The molecule has 0 bridgehead atoms. The Morgan fingerprint density at radius 1 is 1.06 bits per heavy atom. The monoisotopic (exact) mass is 495 g/mol. The van der Waals surface area contributed by atoms with Crippen molar-refractivity contribution in [3.05, 3.63) is 71.0 Å². The number of sulfonamides is 1. The second kappa shape index (κ2) is 10.6. The Balaban J connectivity index is 1.90. The lowest BCUT2D eigenvalue weighted by atomic mass is 9.97. The summed E-state index contributed by atoms with van der Waals surface area (Å²) < 4.78 is 65.2. The number of nitrogens with zero attached hydrogens (tertiary/aromatic N) is 2. The lowest BCUT2D eigenvalue weighted by Gasteiger charge is -2.14. The highest BCUT2D eigenvalue weighted by Gasteiger charge is 2.46. The molecule has 0 unspecified atom stereocenters. The average Bonchev–Trinajstić information content (AvgIpc) is 3.14. The number of rotatable bonds is 10. The van der Waals surface area contributed by atoms with Gasteiger partial charge in [-0.1, -0.05) is 55.8 Å². The number of aryl methyl sites for hydroxylation is 2. The summed E-state index contributed by atoms with van der Waals surface area (Å²) >= 11 is 0. The van der Waals surface area contributed by atoms with E-state index in [1.54, 1.807) is 29.0 Å². The molecule has 0 fully saturated rings. The fraction of sp³-hybridized carbons (Fsp3) is 0.375. The number of alkyl halides is 3. The van der Waals surface area contributed by atoms with Crippen LogP contribution in [0.15, 0.2) is 48.5 Å². The minimum Gasteiger partial charge on any atom is -0.390 e. The molecule has 0 atom stereocenters. The highest BCUT2D eigenvalue weighted by atomic mass is 32.2. The topological polar surface area (TPSA) is 84.2 Å². The number of hydrogen-bond donors (Lipinski definition) is 2. The number of aliphatic hydroxyl groups is 1. The fourth-order valence-electron chi connectivity index (χ4n) is 3.81. The Kier molecular flexibility index (Phi) is 8.04. The second-order valence-corrected chi connectivity index (χ2v) is 9.59. The molecule has 2 N–H and O–H groups in total. The van der Waals surface area contributed by atoms with Crippen molar-refractivity contribution in [2.45, 2.75) is 58.2 Å². The number of unbranched alkanes of at least 4 members (excludes halogenated alkanes) is 1. The normalized spacial score (nSPS) is 12.2. The Hall–Kier alpha value is -2.85. The summed E-state index contributed by atoms with van der Waals surface area (Å²) in [6.07, 6.45) is 3.38. The molecule has 1 aromatic heterocycles. The van der Waals surface area contributed by atoms with Gasteiger partial charge in [0, 0.05) is 24.1 Å². The molecule has 1 heterocycles. The first-order chi connectivity index (χ1) is 16.1. The molecule has 0 saturated carbocycles. The highest BCUT2D eigenvalue weighted by Crippen LogP contribution is 2.32. The van der Waals surface area contributed by atoms with Gasteiger partial charge in [-0.25, -0.2) is 0 Å². The van der Waals surface area contributed by atoms with Gasteiger partial charge < -0.3 is 5.11 Å². The maximum Gasteiger partial charge on any atom is 0.516 e. The van der Waals surface area contributed by atoms with Gasteiger partial charge in [0.05, 0.1) is 23.7 Å². The predicted octanol–water partition coefficient (Wildman–Crippen LogP) is 5.26. The number of halogens is 3. The maximum atomic E-state index is 12.8. The Morgan fingerprint density at radius 2 is 1.74 bits per heavy atom. The van der Waals surface area contributed by atoms with Crippen LogP contribution in [-0.2, 0) is 36.0 Å². The SMILES string of the molecule is CCCCc1nn(CC)c(CO)c1Cc1ccc(-c2ccccc2NS(=O)(=O)C(F)(F)F)cc1. The van der Waals surface area contributed by atoms with Crippen LogP contribution in [0.25, 0.3) is 11.1 Å². The molecule has 184 valence electrons. The fourth-order valence-corrected chi connectivity index (χ4v) is 4.39. The molecule has 0 amide bonds. The van der Waals surface area contributed by atoms with Crippen LogP contribution in [-0.4, -0.2) is 28.8 Å². The lowest BCUT2D eigenvalue weighted by molar-refractivity contribution is -0.0429. The Morgan fingerprint density at radius 3 is 2.32 bits per heavy atom. The van der Waals surface area contributed by atoms with Gasteiger partial charge in [-0.2, -0.15) is 26.7 Å². The van der Waals surface area contributed by atoms with Crippen LogP contribution in [0.5, 0.6) is 0 Å². The minimum absolute atomic E-state index is 0.118. The van der Waals surface area contributed by atoms with Crippen molar-refractivity contribution in [2.75, 3.05) is 4.72 Å². The van der Waals surface area contributed by atoms with Crippen LogP contribution < -0.4 is 4.72 Å². The first kappa shape index (κ1) is 25.8. The second-order valence-electron chi connectivity index (χ2n) is 7.92. The summed E-state index contributed by atoms with van der Waals surface area (Å²) in [6, 6.07) is 13.1. The first-order valence-electron chi connectivity index (χ1n) is 11.1. The van der Waals surface area contributed by atoms with Gasteiger partial charge in [0.25, 0.3) is 0 Å². The van der Waals surface area contributed by atoms with Crippen molar-refractivity contribution in [1.29, 1.82) is 0 Å². The van der Waals surface area contributed by atoms with Gasteiger partial charge in [0.2, 0.25) is 0 Å². The van der Waals surface area contributed by atoms with E-state index in [0.29, 0.717) is 24.1 Å². The average molecular weight is 496 g/mol. The number of aliphatic hydroxyl groups excluding tert-OH is 1. The van der Waals surface area contributed by atoms with E-state index in [0.717, 1.165) is 41.8 Å². The summed E-state index contributed by atoms with van der Waals surface area (Å²) in [7, 11) is -5.53. The van der Waals surface area contributed by atoms with Crippen LogP contribution in [0, 0.1) is 0 Å². The van der Waals surface area contributed by atoms with Crippen LogP contribution >= 0.6 is 0 Å². The third kappa shape index (κ3) is 5.61. The molecular weight excluding hydrogens is 467 g/mol. The molecular formula is C24H28F3N3O3S. The molecule has 0 aliphatic rings. The smallest absolute Gasteiger partial charge is 0.390 e. The van der Waals surface area contributed by atoms with Gasteiger partial charge in [-0.15, -0.1) is 0 Å². The van der Waals surface area contributed by atoms with E-state index in [1.807, 2.05) is 23.7 Å². The summed E-state index contributed by atoms with van der Waals surface area (Å²) in [5.41, 5.74) is -0.978. The molecule has 10 heteroatoms. The molecule has 0 radical (unpaired) electrons. The van der Waals surface area contributed by atoms with Crippen LogP contribution in [0.1, 0.15) is 49.2 Å². The summed E-state index contributed by atoms with van der Waals surface area (Å²) in [4.78, 5) is 0. The number of para-hydroxylation sites is 1. The number of anilines is 1. The lowest BCUT2D eigenvalue weighted by Crippen LogP contribution is -2.30. The third-order valence-electron chi connectivity index (χ3n) is 5.59. The van der Waals surface area contributed by atoms with E-state index in [4.69, 9.17) is 0 Å². The van der Waals surface area contributed by atoms with Crippen LogP contribution in [0.2, 0.25) is 0 Å². The molecule has 3 aromatic rings. The van der Waals surface area contributed by atoms with Gasteiger partial charge in [0.1, 0.15) is 0 Å². The zero-order valence-corrected chi connectivity index (χ0v) is 19.9. The van der Waals surface area contributed by atoms with Gasteiger partial charge in [-0.05, 0) is 37.0 Å². The number of nitrogens with one attached hydrogen (secondary N) is 1. The quantitative estimate of drug-likeness (QED) is 0.402. The molecule has 0 spiro atoms. The van der Waals surface area contributed by atoms with E-state index >= 15 is 0 Å². The van der Waals surface area contributed by atoms with E-state index in [9.17, 15) is 26.7 Å². The first-order valence-corrected chi connectivity index (χ1v) is 12.5.